The summed E-state index contributed by atoms with van der Waals surface area (Å²) in [5.41, 5.74) is 4.42. The van der Waals surface area contributed by atoms with E-state index in [0.717, 1.165) is 12.4 Å². The van der Waals surface area contributed by atoms with Crippen LogP contribution in [0.25, 0.3) is 0 Å². The van der Waals surface area contributed by atoms with Crippen molar-refractivity contribution in [3.8, 4) is 0 Å². The van der Waals surface area contributed by atoms with Crippen molar-refractivity contribution in [2.24, 2.45) is 10.2 Å². The Hall–Kier alpha value is -3.90. The Morgan fingerprint density at radius 1 is 0.812 bits per heavy atom. The third kappa shape index (κ3) is 7.41. The minimum absolute atomic E-state index is 0.189. The number of hydrazone groups is 2. The molecular weight excluding hydrogens is 467 g/mol. The maximum atomic E-state index is 11.8. The van der Waals surface area contributed by atoms with E-state index in [4.69, 9.17) is 23.2 Å². The van der Waals surface area contributed by atoms with Gasteiger partial charge in [0.05, 0.1) is 22.3 Å². The number of halogens is 2. The van der Waals surface area contributed by atoms with Crippen molar-refractivity contribution in [1.82, 2.24) is 10.9 Å². The summed E-state index contributed by atoms with van der Waals surface area (Å²) in [4.78, 5) is 43.9. The Kier molecular flexibility index (Phi) is 8.74. The molecule has 0 saturated carbocycles. The first kappa shape index (κ1) is 24.4. The van der Waals surface area contributed by atoms with E-state index in [9.17, 15) is 29.8 Å². The molecule has 0 spiro atoms. The van der Waals surface area contributed by atoms with Crippen LogP contribution in [0.2, 0.25) is 10.0 Å². The van der Waals surface area contributed by atoms with Crippen molar-refractivity contribution < 1.29 is 19.4 Å². The number of nitro groups is 2. The van der Waals surface area contributed by atoms with Crippen molar-refractivity contribution >= 4 is 58.8 Å². The molecule has 0 aromatic heterocycles. The van der Waals surface area contributed by atoms with Crippen LogP contribution in [0.1, 0.15) is 24.0 Å². The second-order valence-corrected chi connectivity index (χ2v) is 6.83. The smallest absolute Gasteiger partial charge is 0.270 e. The maximum Gasteiger partial charge on any atom is 0.270 e. The SMILES string of the molecule is O=C(CCC(=O)N/N=C/c1cc([N+](=O)[O-])ccc1Cl)N/N=C\c1cc([N+](=O)[O-])ccc1Cl. The number of non-ortho nitro benzene ring substituents is 2. The van der Waals surface area contributed by atoms with Crippen LogP contribution in [0.5, 0.6) is 0 Å². The van der Waals surface area contributed by atoms with Gasteiger partial charge in [-0.15, -0.1) is 0 Å². The third-order valence-corrected chi connectivity index (χ3v) is 4.43. The zero-order valence-corrected chi connectivity index (χ0v) is 17.5. The summed E-state index contributed by atoms with van der Waals surface area (Å²) in [7, 11) is 0. The minimum atomic E-state index is -0.597. The van der Waals surface area contributed by atoms with Gasteiger partial charge in [-0.05, 0) is 12.1 Å². The number of hydrogen-bond donors (Lipinski definition) is 2. The zero-order chi connectivity index (χ0) is 23.7. The molecule has 166 valence electrons. The van der Waals surface area contributed by atoms with Crippen LogP contribution >= 0.6 is 23.2 Å². The lowest BCUT2D eigenvalue weighted by Crippen LogP contribution is -2.22. The molecule has 0 unspecified atom stereocenters. The minimum Gasteiger partial charge on any atom is -0.273 e. The largest absolute Gasteiger partial charge is 0.273 e. The highest BCUT2D eigenvalue weighted by atomic mass is 35.5. The van der Waals surface area contributed by atoms with Gasteiger partial charge >= 0.3 is 0 Å². The van der Waals surface area contributed by atoms with Gasteiger partial charge < -0.3 is 0 Å². The average molecular weight is 481 g/mol. The Bertz CT molecular complexity index is 1030. The number of carbonyl (C=O) groups is 2. The van der Waals surface area contributed by atoms with Gasteiger partial charge in [-0.25, -0.2) is 10.9 Å². The lowest BCUT2D eigenvalue weighted by atomic mass is 10.2. The van der Waals surface area contributed by atoms with Crippen LogP contribution in [-0.2, 0) is 9.59 Å². The van der Waals surface area contributed by atoms with Gasteiger partial charge in [0, 0.05) is 58.3 Å². The average Bonchev–Trinajstić information content (AvgIpc) is 2.74. The van der Waals surface area contributed by atoms with E-state index in [0.29, 0.717) is 0 Å². The molecule has 0 radical (unpaired) electrons. The highest BCUT2D eigenvalue weighted by molar-refractivity contribution is 6.33. The van der Waals surface area contributed by atoms with E-state index < -0.39 is 21.7 Å². The molecule has 2 amide bonds. The lowest BCUT2D eigenvalue weighted by molar-refractivity contribution is -0.385. The molecule has 0 bridgehead atoms. The highest BCUT2D eigenvalue weighted by Crippen LogP contribution is 2.21. The summed E-state index contributed by atoms with van der Waals surface area (Å²) in [5.74, 6) is -1.19. The first-order chi connectivity index (χ1) is 15.2. The number of rotatable bonds is 9. The van der Waals surface area contributed by atoms with Gasteiger partial charge in [0.1, 0.15) is 0 Å². The van der Waals surface area contributed by atoms with Gasteiger partial charge in [0.15, 0.2) is 0 Å². The molecule has 2 N–H and O–H groups in total. The maximum absolute atomic E-state index is 11.8. The quantitative estimate of drug-likeness (QED) is 0.317. The first-order valence-electron chi connectivity index (χ1n) is 8.69. The second-order valence-electron chi connectivity index (χ2n) is 6.01. The van der Waals surface area contributed by atoms with Crippen LogP contribution in [0.4, 0.5) is 11.4 Å². The predicted octanol–water partition coefficient (Wildman–Crippen LogP) is 3.19. The molecule has 0 heterocycles. The Labute approximate surface area is 190 Å². The first-order valence-corrected chi connectivity index (χ1v) is 9.44. The molecule has 0 fully saturated rings. The number of amides is 2. The molecule has 0 atom stereocenters. The lowest BCUT2D eigenvalue weighted by Gasteiger charge is -2.01. The molecule has 0 aliphatic carbocycles. The number of carbonyl (C=O) groups excluding carboxylic acids is 2. The van der Waals surface area contributed by atoms with Crippen LogP contribution in [0, 0.1) is 20.2 Å². The zero-order valence-electron chi connectivity index (χ0n) is 16.0. The van der Waals surface area contributed by atoms with E-state index in [1.165, 1.54) is 36.4 Å². The fraction of sp³-hybridized carbons (Fsp3) is 0.111. The molecule has 0 saturated heterocycles. The van der Waals surface area contributed by atoms with E-state index in [1.807, 2.05) is 0 Å². The van der Waals surface area contributed by atoms with E-state index in [1.54, 1.807) is 0 Å². The Balaban J connectivity index is 1.82. The van der Waals surface area contributed by atoms with Gasteiger partial charge in [-0.2, -0.15) is 10.2 Å². The van der Waals surface area contributed by atoms with Crippen LogP contribution < -0.4 is 10.9 Å². The van der Waals surface area contributed by atoms with Crippen LogP contribution in [-0.4, -0.2) is 34.1 Å². The molecule has 14 heteroatoms. The monoisotopic (exact) mass is 480 g/mol. The number of nitrogens with one attached hydrogen (secondary N) is 2. The topological polar surface area (TPSA) is 169 Å². The Morgan fingerprint density at radius 3 is 1.53 bits per heavy atom. The fourth-order valence-corrected chi connectivity index (χ4v) is 2.51. The van der Waals surface area contributed by atoms with E-state index >= 15 is 0 Å². The molecule has 2 aromatic carbocycles. The number of nitro benzene ring substituents is 2. The normalized spacial score (nSPS) is 10.9. The number of hydrogen-bond acceptors (Lipinski definition) is 8. The van der Waals surface area contributed by atoms with E-state index in [-0.39, 0.29) is 45.4 Å². The van der Waals surface area contributed by atoms with Gasteiger partial charge in [0.2, 0.25) is 11.8 Å². The second kappa shape index (κ2) is 11.5. The molecule has 12 nitrogen and oxygen atoms in total. The summed E-state index contributed by atoms with van der Waals surface area (Å²) < 4.78 is 0. The molecule has 2 aromatic rings. The summed E-state index contributed by atoms with van der Waals surface area (Å²) in [6.07, 6.45) is 1.83. The molecule has 32 heavy (non-hydrogen) atoms. The van der Waals surface area contributed by atoms with Gasteiger partial charge in [-0.3, -0.25) is 29.8 Å². The predicted molar refractivity (Wildman–Crippen MR) is 117 cm³/mol. The van der Waals surface area contributed by atoms with Crippen molar-refractivity contribution in [3.63, 3.8) is 0 Å². The van der Waals surface area contributed by atoms with Crippen molar-refractivity contribution in [2.45, 2.75) is 12.8 Å². The number of benzene rings is 2. The molecule has 2 rings (SSSR count). The highest BCUT2D eigenvalue weighted by Gasteiger charge is 2.10. The Morgan fingerprint density at radius 2 is 1.19 bits per heavy atom. The van der Waals surface area contributed by atoms with Gasteiger partial charge in [0.25, 0.3) is 11.4 Å². The fourth-order valence-electron chi connectivity index (χ4n) is 2.17. The van der Waals surface area contributed by atoms with Crippen molar-refractivity contribution in [3.05, 3.63) is 77.8 Å². The van der Waals surface area contributed by atoms with Crippen LogP contribution in [0.15, 0.2) is 46.6 Å². The van der Waals surface area contributed by atoms with Gasteiger partial charge in [-0.1, -0.05) is 23.2 Å². The summed E-state index contributed by atoms with van der Waals surface area (Å²) in [6, 6.07) is 7.50. The number of nitrogens with zero attached hydrogens (tertiary/aromatic N) is 4. The summed E-state index contributed by atoms with van der Waals surface area (Å²) >= 11 is 11.8. The summed E-state index contributed by atoms with van der Waals surface area (Å²) in [6.45, 7) is 0. The van der Waals surface area contributed by atoms with Crippen molar-refractivity contribution in [2.75, 3.05) is 0 Å². The molecule has 0 aliphatic rings. The van der Waals surface area contributed by atoms with Crippen molar-refractivity contribution in [1.29, 1.82) is 0 Å². The molecule has 0 aliphatic heterocycles. The standard InChI is InChI=1S/C18H14Cl2N6O6/c19-15-3-1-13(25(29)30)7-11(15)9-21-23-17(27)5-6-18(28)24-22-10-12-8-14(26(31)32)2-4-16(12)20/h1-4,7-10H,5-6H2,(H,23,27)(H,24,28)/b21-9-,22-10+. The van der Waals surface area contributed by atoms with E-state index in [2.05, 4.69) is 21.1 Å². The van der Waals surface area contributed by atoms with Crippen LogP contribution in [0.3, 0.4) is 0 Å². The molecular formula is C18H14Cl2N6O6. The third-order valence-electron chi connectivity index (χ3n) is 3.75. The summed E-state index contributed by atoms with van der Waals surface area (Å²) in [5, 5.41) is 29.3.